The number of rotatable bonds is 3. The van der Waals surface area contributed by atoms with E-state index in [1.54, 1.807) is 36.5 Å². The molecule has 92 valence electrons. The van der Waals surface area contributed by atoms with E-state index in [0.29, 0.717) is 10.0 Å². The third-order valence-corrected chi connectivity index (χ3v) is 3.17. The van der Waals surface area contributed by atoms with Crippen LogP contribution in [0.5, 0.6) is 0 Å². The highest BCUT2D eigenvalue weighted by Crippen LogP contribution is 2.10. The number of pyridine rings is 1. The van der Waals surface area contributed by atoms with Crippen LogP contribution in [0.3, 0.4) is 0 Å². The summed E-state index contributed by atoms with van der Waals surface area (Å²) < 4.78 is 1.92. The minimum atomic E-state index is -0.992. The second-order valence-corrected chi connectivity index (χ2v) is 4.61. The third kappa shape index (κ3) is 2.51. The first kappa shape index (κ1) is 12.6. The molecule has 1 heterocycles. The fourth-order valence-corrected chi connectivity index (χ4v) is 2.06. The van der Waals surface area contributed by atoms with Crippen molar-refractivity contribution in [2.45, 2.75) is 6.54 Å². The molecule has 0 aliphatic rings. The van der Waals surface area contributed by atoms with E-state index in [2.05, 4.69) is 15.9 Å². The van der Waals surface area contributed by atoms with Crippen LogP contribution < -0.4 is 5.56 Å². The van der Waals surface area contributed by atoms with Crippen molar-refractivity contribution in [1.82, 2.24) is 4.57 Å². The number of aromatic carboxylic acids is 1. The lowest BCUT2D eigenvalue weighted by atomic mass is 10.1. The van der Waals surface area contributed by atoms with Gasteiger partial charge in [0.05, 0.1) is 16.6 Å². The first-order valence-electron chi connectivity index (χ1n) is 5.26. The number of hydrogen-bond donors (Lipinski definition) is 1. The summed E-state index contributed by atoms with van der Waals surface area (Å²) in [7, 11) is 0. The van der Waals surface area contributed by atoms with Crippen molar-refractivity contribution in [3.05, 3.63) is 68.5 Å². The molecule has 1 aromatic heterocycles. The van der Waals surface area contributed by atoms with Gasteiger partial charge in [0, 0.05) is 6.20 Å². The fourth-order valence-electron chi connectivity index (χ4n) is 1.68. The zero-order chi connectivity index (χ0) is 13.1. The first-order chi connectivity index (χ1) is 8.59. The number of carboxylic acids is 1. The molecule has 4 nitrogen and oxygen atoms in total. The molecular formula is C13H10BrNO3. The topological polar surface area (TPSA) is 59.3 Å². The summed E-state index contributed by atoms with van der Waals surface area (Å²) in [5.41, 5.74) is 0.632. The molecule has 2 aromatic rings. The van der Waals surface area contributed by atoms with Crippen LogP contribution in [0.2, 0.25) is 0 Å². The number of hydrogen-bond acceptors (Lipinski definition) is 2. The van der Waals surface area contributed by atoms with Crippen molar-refractivity contribution < 1.29 is 9.90 Å². The molecule has 0 saturated heterocycles. The Morgan fingerprint density at radius 1 is 1.22 bits per heavy atom. The Morgan fingerprint density at radius 3 is 2.67 bits per heavy atom. The van der Waals surface area contributed by atoms with E-state index in [-0.39, 0.29) is 17.7 Å². The summed E-state index contributed by atoms with van der Waals surface area (Å²) in [5.74, 6) is -0.992. The predicted molar refractivity (Wildman–Crippen MR) is 70.9 cm³/mol. The van der Waals surface area contributed by atoms with E-state index in [4.69, 9.17) is 5.11 Å². The average Bonchev–Trinajstić information content (AvgIpc) is 2.35. The van der Waals surface area contributed by atoms with Crippen LogP contribution in [-0.4, -0.2) is 15.6 Å². The van der Waals surface area contributed by atoms with E-state index in [1.165, 1.54) is 10.6 Å². The third-order valence-electron chi connectivity index (χ3n) is 2.56. The van der Waals surface area contributed by atoms with Crippen LogP contribution in [0.15, 0.2) is 51.9 Å². The molecule has 0 aliphatic heterocycles. The van der Waals surface area contributed by atoms with Crippen molar-refractivity contribution in [2.75, 3.05) is 0 Å². The zero-order valence-corrected chi connectivity index (χ0v) is 10.9. The number of benzene rings is 1. The standard InChI is InChI=1S/C13H10BrNO3/c14-11-6-3-7-15(12(11)16)8-9-4-1-2-5-10(9)13(17)18/h1-7H,8H2,(H,17,18). The van der Waals surface area contributed by atoms with Gasteiger partial charge < -0.3 is 9.67 Å². The number of halogens is 1. The summed E-state index contributed by atoms with van der Waals surface area (Å²) in [6, 6.07) is 10.0. The van der Waals surface area contributed by atoms with Crippen LogP contribution in [0.4, 0.5) is 0 Å². The Kier molecular flexibility index (Phi) is 3.62. The molecule has 0 atom stereocenters. The SMILES string of the molecule is O=C(O)c1ccccc1Cn1cccc(Br)c1=O. The Labute approximate surface area is 112 Å². The largest absolute Gasteiger partial charge is 0.478 e. The number of aromatic nitrogens is 1. The maximum atomic E-state index is 11.8. The fraction of sp³-hybridized carbons (Fsp3) is 0.0769. The van der Waals surface area contributed by atoms with Crippen molar-refractivity contribution in [1.29, 1.82) is 0 Å². The maximum Gasteiger partial charge on any atom is 0.336 e. The summed E-state index contributed by atoms with van der Waals surface area (Å²) >= 11 is 3.16. The molecule has 0 unspecified atom stereocenters. The van der Waals surface area contributed by atoms with Gasteiger partial charge in [-0.1, -0.05) is 18.2 Å². The summed E-state index contributed by atoms with van der Waals surface area (Å²) in [4.78, 5) is 22.9. The van der Waals surface area contributed by atoms with Crippen molar-refractivity contribution in [3.8, 4) is 0 Å². The molecule has 18 heavy (non-hydrogen) atoms. The number of nitrogens with zero attached hydrogens (tertiary/aromatic N) is 1. The van der Waals surface area contributed by atoms with Gasteiger partial charge in [-0.15, -0.1) is 0 Å². The molecule has 0 amide bonds. The van der Waals surface area contributed by atoms with E-state index < -0.39 is 5.97 Å². The smallest absolute Gasteiger partial charge is 0.336 e. The molecule has 0 radical (unpaired) electrons. The maximum absolute atomic E-state index is 11.8. The molecule has 0 bridgehead atoms. The Morgan fingerprint density at radius 2 is 1.94 bits per heavy atom. The molecular weight excluding hydrogens is 298 g/mol. The van der Waals surface area contributed by atoms with Gasteiger partial charge >= 0.3 is 5.97 Å². The zero-order valence-electron chi connectivity index (χ0n) is 9.34. The van der Waals surface area contributed by atoms with Crippen molar-refractivity contribution >= 4 is 21.9 Å². The van der Waals surface area contributed by atoms with Gasteiger partial charge in [0.2, 0.25) is 0 Å². The highest BCUT2D eigenvalue weighted by Gasteiger charge is 2.10. The predicted octanol–water partition coefficient (Wildman–Crippen LogP) is 2.36. The van der Waals surface area contributed by atoms with Crippen LogP contribution >= 0.6 is 15.9 Å². The van der Waals surface area contributed by atoms with Gasteiger partial charge in [-0.2, -0.15) is 0 Å². The second-order valence-electron chi connectivity index (χ2n) is 3.75. The minimum absolute atomic E-state index is 0.183. The Hall–Kier alpha value is -1.88. The van der Waals surface area contributed by atoms with Crippen molar-refractivity contribution in [3.63, 3.8) is 0 Å². The van der Waals surface area contributed by atoms with Gasteiger partial charge in [-0.25, -0.2) is 4.79 Å². The van der Waals surface area contributed by atoms with Crippen LogP contribution in [0, 0.1) is 0 Å². The van der Waals surface area contributed by atoms with E-state index in [1.807, 2.05) is 0 Å². The van der Waals surface area contributed by atoms with Crippen molar-refractivity contribution in [2.24, 2.45) is 0 Å². The molecule has 0 aliphatic carbocycles. The van der Waals surface area contributed by atoms with Gasteiger partial charge in [-0.05, 0) is 39.7 Å². The average molecular weight is 308 g/mol. The van der Waals surface area contributed by atoms with E-state index in [9.17, 15) is 9.59 Å². The van der Waals surface area contributed by atoms with Gasteiger partial charge in [0.1, 0.15) is 0 Å². The summed E-state index contributed by atoms with van der Waals surface area (Å²) in [6.07, 6.45) is 1.63. The molecule has 0 fully saturated rings. The Balaban J connectivity index is 2.44. The van der Waals surface area contributed by atoms with Gasteiger partial charge in [-0.3, -0.25) is 4.79 Å². The Bertz CT molecular complexity index is 649. The lowest BCUT2D eigenvalue weighted by Crippen LogP contribution is -2.21. The van der Waals surface area contributed by atoms with E-state index >= 15 is 0 Å². The highest BCUT2D eigenvalue weighted by atomic mass is 79.9. The first-order valence-corrected chi connectivity index (χ1v) is 6.05. The summed E-state index contributed by atoms with van der Waals surface area (Å²) in [6.45, 7) is 0.237. The molecule has 2 rings (SSSR count). The van der Waals surface area contributed by atoms with Crippen LogP contribution in [0.25, 0.3) is 0 Å². The van der Waals surface area contributed by atoms with Gasteiger partial charge in [0.15, 0.2) is 0 Å². The van der Waals surface area contributed by atoms with E-state index in [0.717, 1.165) is 0 Å². The number of carboxylic acid groups (broad SMARTS) is 1. The highest BCUT2D eigenvalue weighted by molar-refractivity contribution is 9.10. The normalized spacial score (nSPS) is 10.3. The molecule has 1 aromatic carbocycles. The lowest BCUT2D eigenvalue weighted by molar-refractivity contribution is 0.0695. The number of carbonyl (C=O) groups is 1. The molecule has 1 N–H and O–H groups in total. The molecule has 0 saturated carbocycles. The second kappa shape index (κ2) is 5.18. The van der Waals surface area contributed by atoms with Crippen LogP contribution in [0.1, 0.15) is 15.9 Å². The summed E-state index contributed by atoms with van der Waals surface area (Å²) in [5, 5.41) is 9.07. The lowest BCUT2D eigenvalue weighted by Gasteiger charge is -2.08. The van der Waals surface area contributed by atoms with Gasteiger partial charge in [0.25, 0.3) is 5.56 Å². The monoisotopic (exact) mass is 307 g/mol. The molecule has 5 heteroatoms. The quantitative estimate of drug-likeness (QED) is 0.947. The van der Waals surface area contributed by atoms with Crippen LogP contribution in [-0.2, 0) is 6.54 Å². The minimum Gasteiger partial charge on any atom is -0.478 e. The molecule has 0 spiro atoms.